The van der Waals surface area contributed by atoms with Crippen LogP contribution < -0.4 is 11.1 Å². The quantitative estimate of drug-likeness (QED) is 0.120. The van der Waals surface area contributed by atoms with Crippen molar-refractivity contribution in [2.75, 3.05) is 11.9 Å². The molecule has 1 unspecified atom stereocenters. The van der Waals surface area contributed by atoms with Crippen LogP contribution in [0.4, 0.5) is 18.9 Å². The van der Waals surface area contributed by atoms with Crippen molar-refractivity contribution in [2.24, 2.45) is 5.73 Å². The number of hydrogen-bond acceptors (Lipinski definition) is 9. The fourth-order valence-electron chi connectivity index (χ4n) is 5.83. The van der Waals surface area contributed by atoms with Gasteiger partial charge in [-0.2, -0.15) is 18.3 Å². The Bertz CT molecular complexity index is 2050. The highest BCUT2D eigenvalue weighted by Crippen LogP contribution is 2.29. The number of halogens is 3. The molecule has 5 aromatic rings. The molecule has 0 aliphatic carbocycles. The fourth-order valence-corrected chi connectivity index (χ4v) is 5.83. The summed E-state index contributed by atoms with van der Waals surface area (Å²) in [7, 11) is 0. The van der Waals surface area contributed by atoms with Crippen LogP contribution in [-0.2, 0) is 43.5 Å². The summed E-state index contributed by atoms with van der Waals surface area (Å²) in [5, 5.41) is 7.20. The first-order chi connectivity index (χ1) is 24.5. The lowest BCUT2D eigenvalue weighted by Crippen LogP contribution is -2.52. The summed E-state index contributed by atoms with van der Waals surface area (Å²) >= 11 is 0. The molecule has 0 saturated carbocycles. The predicted octanol–water partition coefficient (Wildman–Crippen LogP) is 5.93. The van der Waals surface area contributed by atoms with Gasteiger partial charge in [0.15, 0.2) is 0 Å². The van der Waals surface area contributed by atoms with E-state index in [2.05, 4.69) is 44.5 Å². The lowest BCUT2D eigenvalue weighted by atomic mass is 10.0. The molecule has 3 aromatic carbocycles. The molecule has 2 amide bonds. The molecule has 1 aliphatic heterocycles. The van der Waals surface area contributed by atoms with Gasteiger partial charge in [-0.1, -0.05) is 48.5 Å². The first-order valence-corrected chi connectivity index (χ1v) is 16.3. The molecule has 2 aromatic heterocycles. The van der Waals surface area contributed by atoms with Crippen LogP contribution in [0.15, 0.2) is 85.3 Å². The summed E-state index contributed by atoms with van der Waals surface area (Å²) in [4.78, 5) is 44.2. The zero-order chi connectivity index (χ0) is 36.1. The molecular formula is C37H35F3N6O5. The van der Waals surface area contributed by atoms with E-state index in [-0.39, 0.29) is 17.9 Å². The van der Waals surface area contributed by atoms with Crippen molar-refractivity contribution in [3.63, 3.8) is 0 Å². The largest absolute Gasteiger partial charge is 0.493 e. The van der Waals surface area contributed by atoms with E-state index in [4.69, 9.17) is 10.5 Å². The zero-order valence-corrected chi connectivity index (χ0v) is 27.7. The number of nitrogens with zero attached hydrogens (tertiary/aromatic N) is 4. The van der Waals surface area contributed by atoms with Gasteiger partial charge in [-0.25, -0.2) is 14.3 Å². The second-order valence-electron chi connectivity index (χ2n) is 12.2. The number of carbonyl (C=O) groups excluding carboxylic acids is 3. The Morgan fingerprint density at radius 1 is 0.980 bits per heavy atom. The molecule has 1 atom stereocenters. The van der Waals surface area contributed by atoms with E-state index >= 15 is 0 Å². The topological polar surface area (TPSA) is 141 Å². The predicted molar refractivity (Wildman–Crippen MR) is 182 cm³/mol. The number of amides is 2. The minimum atomic E-state index is -5.34. The van der Waals surface area contributed by atoms with E-state index in [9.17, 15) is 27.6 Å². The minimum Gasteiger partial charge on any atom is -0.377 e. The molecule has 14 heteroatoms. The Morgan fingerprint density at radius 3 is 2.41 bits per heavy atom. The van der Waals surface area contributed by atoms with Crippen molar-refractivity contribution in [2.45, 2.75) is 58.0 Å². The number of hydrogen-bond donors (Lipinski definition) is 2. The fraction of sp³-hybridized carbons (Fsp3) is 0.270. The molecule has 264 valence electrons. The summed E-state index contributed by atoms with van der Waals surface area (Å²) in [6.45, 7) is 3.53. The maximum atomic E-state index is 12.6. The lowest BCUT2D eigenvalue weighted by Gasteiger charge is -2.29. The van der Waals surface area contributed by atoms with E-state index in [0.717, 1.165) is 63.0 Å². The molecule has 3 heterocycles. The average molecular weight is 701 g/mol. The second-order valence-corrected chi connectivity index (χ2v) is 12.2. The number of anilines is 1. The van der Waals surface area contributed by atoms with Crippen LogP contribution in [0, 0.1) is 6.92 Å². The normalized spacial score (nSPS) is 15.0. The molecule has 1 aliphatic rings. The monoisotopic (exact) mass is 700 g/mol. The van der Waals surface area contributed by atoms with Gasteiger partial charge in [-0.15, -0.1) is 5.06 Å². The summed E-state index contributed by atoms with van der Waals surface area (Å²) in [5.74, 6) is -4.71. The Hall–Kier alpha value is -5.60. The van der Waals surface area contributed by atoms with Gasteiger partial charge in [-0.05, 0) is 78.3 Å². The third-order valence-electron chi connectivity index (χ3n) is 8.62. The molecule has 0 bridgehead atoms. The molecule has 3 N–H and O–H groups in total. The van der Waals surface area contributed by atoms with Gasteiger partial charge < -0.3 is 20.6 Å². The van der Waals surface area contributed by atoms with Crippen molar-refractivity contribution in [3.05, 3.63) is 108 Å². The summed E-state index contributed by atoms with van der Waals surface area (Å²) in [6, 6.07) is 22.6. The number of fused-ring (bicyclic) bond motifs is 1. The van der Waals surface area contributed by atoms with Crippen molar-refractivity contribution in [1.29, 1.82) is 0 Å². The number of imide groups is 1. The van der Waals surface area contributed by atoms with Crippen LogP contribution in [0.2, 0.25) is 0 Å². The number of rotatable bonds is 12. The first kappa shape index (κ1) is 35.2. The van der Waals surface area contributed by atoms with Crippen LogP contribution >= 0.6 is 0 Å². The Labute approximate surface area is 291 Å². The lowest BCUT2D eigenvalue weighted by molar-refractivity contribution is -0.237. The standard InChI is InChI=1S/C37H35F3N6O5/c1-23-17-27(10-11-28(23)19-41)34-32-18-29(20-45(32)43-22-42-34)26-8-4-25(5-9-26)21-50-16-2-3-24-6-12-30(13-7-24)44-31-14-15-33(47)46(35(31)48)51-36(49)37(38,39)40/h4-13,17-18,20,22,31,44H,2-3,14-16,19,21,41H2,1H3. The maximum absolute atomic E-state index is 12.6. The van der Waals surface area contributed by atoms with Crippen molar-refractivity contribution in [3.8, 4) is 22.4 Å². The zero-order valence-electron chi connectivity index (χ0n) is 27.7. The number of benzene rings is 3. The van der Waals surface area contributed by atoms with Gasteiger partial charge in [0, 0.05) is 42.6 Å². The number of carbonyl (C=O) groups is 3. The number of hydroxylamine groups is 2. The van der Waals surface area contributed by atoms with Crippen LogP contribution in [0.5, 0.6) is 0 Å². The molecule has 1 saturated heterocycles. The highest BCUT2D eigenvalue weighted by molar-refractivity contribution is 6.01. The third kappa shape index (κ3) is 8.24. The summed E-state index contributed by atoms with van der Waals surface area (Å²) in [5.41, 5.74) is 15.5. The molecule has 1 fully saturated rings. The van der Waals surface area contributed by atoms with E-state index in [1.807, 2.05) is 54.0 Å². The van der Waals surface area contributed by atoms with Crippen LogP contribution in [0.1, 0.15) is 41.5 Å². The van der Waals surface area contributed by atoms with Crippen molar-refractivity contribution in [1.82, 2.24) is 19.7 Å². The number of aryl methyl sites for hydroxylation is 2. The molecule has 0 spiro atoms. The minimum absolute atomic E-state index is 0.0462. The number of piperidine rings is 1. The van der Waals surface area contributed by atoms with Crippen LogP contribution in [0.25, 0.3) is 27.9 Å². The third-order valence-corrected chi connectivity index (χ3v) is 8.62. The smallest absolute Gasteiger partial charge is 0.377 e. The van der Waals surface area contributed by atoms with Gasteiger partial charge in [0.1, 0.15) is 12.4 Å². The summed E-state index contributed by atoms with van der Waals surface area (Å²) < 4.78 is 45.4. The Kier molecular flexibility index (Phi) is 10.4. The van der Waals surface area contributed by atoms with Gasteiger partial charge in [-0.3, -0.25) is 9.59 Å². The van der Waals surface area contributed by atoms with Gasteiger partial charge in [0.05, 0.1) is 17.8 Å². The van der Waals surface area contributed by atoms with Crippen molar-refractivity contribution >= 4 is 29.0 Å². The Morgan fingerprint density at radius 2 is 1.71 bits per heavy atom. The van der Waals surface area contributed by atoms with Gasteiger partial charge in [0.25, 0.3) is 11.8 Å². The summed E-state index contributed by atoms with van der Waals surface area (Å²) in [6.07, 6.45) is -0.503. The number of ether oxygens (including phenoxy) is 1. The number of alkyl halides is 3. The van der Waals surface area contributed by atoms with E-state index < -0.39 is 30.0 Å². The molecule has 0 radical (unpaired) electrons. The highest BCUT2D eigenvalue weighted by atomic mass is 19.4. The molecule has 6 rings (SSSR count). The number of nitrogens with two attached hydrogens (primary N) is 1. The van der Waals surface area contributed by atoms with Gasteiger partial charge in [0.2, 0.25) is 0 Å². The number of nitrogens with one attached hydrogen (secondary N) is 1. The van der Waals surface area contributed by atoms with Crippen molar-refractivity contribution < 1.29 is 37.1 Å². The average Bonchev–Trinajstić information content (AvgIpc) is 3.56. The molecule has 11 nitrogen and oxygen atoms in total. The second kappa shape index (κ2) is 15.1. The molecular weight excluding hydrogens is 665 g/mol. The Balaban J connectivity index is 0.966. The molecule has 51 heavy (non-hydrogen) atoms. The highest BCUT2D eigenvalue weighted by Gasteiger charge is 2.46. The maximum Gasteiger partial charge on any atom is 0.493 e. The van der Waals surface area contributed by atoms with E-state index in [1.54, 1.807) is 18.5 Å². The SMILES string of the molecule is Cc1cc(-c2ncnn3cc(-c4ccc(COCCCc5ccc(NC6CCC(=O)N(OC(=O)C(F)(F)F)C6=O)cc5)cc4)cc23)ccc1CN. The van der Waals surface area contributed by atoms with Gasteiger partial charge >= 0.3 is 12.1 Å². The van der Waals surface area contributed by atoms with E-state index in [1.165, 1.54) is 0 Å². The van der Waals surface area contributed by atoms with Crippen LogP contribution in [0.3, 0.4) is 0 Å². The number of aromatic nitrogens is 3. The van der Waals surface area contributed by atoms with Crippen LogP contribution in [-0.4, -0.2) is 56.3 Å². The first-order valence-electron chi connectivity index (χ1n) is 16.3. The van der Waals surface area contributed by atoms with E-state index in [0.29, 0.717) is 25.4 Å².